The average molecular weight is 397 g/mol. The van der Waals surface area contributed by atoms with E-state index in [2.05, 4.69) is 14.8 Å². The fourth-order valence-corrected chi connectivity index (χ4v) is 3.82. The Hall–Kier alpha value is -2.09. The van der Waals surface area contributed by atoms with Crippen molar-refractivity contribution in [3.63, 3.8) is 0 Å². The zero-order valence-corrected chi connectivity index (χ0v) is 15.5. The minimum absolute atomic E-state index is 0.0972. The molecule has 0 aliphatic heterocycles. The van der Waals surface area contributed by atoms with Crippen molar-refractivity contribution in [3.05, 3.63) is 64.4 Å². The maximum atomic E-state index is 12.7. The van der Waals surface area contributed by atoms with E-state index in [1.54, 1.807) is 18.2 Å². The van der Waals surface area contributed by atoms with Gasteiger partial charge in [0.1, 0.15) is 5.82 Å². The van der Waals surface area contributed by atoms with Gasteiger partial charge in [-0.05, 0) is 24.3 Å². The summed E-state index contributed by atoms with van der Waals surface area (Å²) in [6.45, 7) is 1.87. The summed E-state index contributed by atoms with van der Waals surface area (Å²) in [6, 6.07) is 13.9. The standard InChI is InChI=1S/C16H14Cl2N4O2S/c1-2-14-19-16(20-22(14)11-7-4-3-5-8-11)25(23,24)21-15-12(17)9-6-10-13(15)18/h3-10,21H,2H2,1H3. The molecule has 1 aromatic heterocycles. The Kier molecular flexibility index (Phi) is 4.99. The maximum Gasteiger partial charge on any atom is 0.299 e. The normalized spacial score (nSPS) is 11.5. The minimum atomic E-state index is -4.04. The lowest BCUT2D eigenvalue weighted by Crippen LogP contribution is -2.15. The Morgan fingerprint density at radius 2 is 1.68 bits per heavy atom. The van der Waals surface area contributed by atoms with E-state index in [1.807, 2.05) is 37.3 Å². The molecule has 0 fully saturated rings. The van der Waals surface area contributed by atoms with Crippen LogP contribution >= 0.6 is 23.2 Å². The number of hydrogen-bond acceptors (Lipinski definition) is 4. The third-order valence-corrected chi connectivity index (χ3v) is 5.17. The Bertz CT molecular complexity index is 984. The monoisotopic (exact) mass is 396 g/mol. The molecule has 3 rings (SSSR count). The van der Waals surface area contributed by atoms with E-state index in [4.69, 9.17) is 23.2 Å². The van der Waals surface area contributed by atoms with Gasteiger partial charge in [0.2, 0.25) is 0 Å². The van der Waals surface area contributed by atoms with E-state index in [9.17, 15) is 8.42 Å². The molecule has 1 N–H and O–H groups in total. The minimum Gasteiger partial charge on any atom is -0.274 e. The molecule has 1 heterocycles. The molecule has 2 aromatic carbocycles. The van der Waals surface area contributed by atoms with Crippen molar-refractivity contribution < 1.29 is 8.42 Å². The first-order valence-electron chi connectivity index (χ1n) is 7.40. The lowest BCUT2D eigenvalue weighted by molar-refractivity contribution is 0.591. The Morgan fingerprint density at radius 1 is 1.04 bits per heavy atom. The fraction of sp³-hybridized carbons (Fsp3) is 0.125. The van der Waals surface area contributed by atoms with Gasteiger partial charge in [0.05, 0.1) is 21.4 Å². The van der Waals surface area contributed by atoms with Gasteiger partial charge in [-0.3, -0.25) is 4.72 Å². The number of aryl methyl sites for hydroxylation is 1. The molecule has 0 aliphatic rings. The van der Waals surface area contributed by atoms with E-state index < -0.39 is 10.0 Å². The summed E-state index contributed by atoms with van der Waals surface area (Å²) < 4.78 is 29.2. The highest BCUT2D eigenvalue weighted by atomic mass is 35.5. The van der Waals surface area contributed by atoms with Gasteiger partial charge in [0.15, 0.2) is 0 Å². The molecule has 9 heteroatoms. The first-order chi connectivity index (χ1) is 11.9. The largest absolute Gasteiger partial charge is 0.299 e. The second-order valence-electron chi connectivity index (χ2n) is 5.11. The molecular formula is C16H14Cl2N4O2S. The molecule has 0 saturated heterocycles. The van der Waals surface area contributed by atoms with Crippen LogP contribution in [0.2, 0.25) is 10.0 Å². The van der Waals surface area contributed by atoms with Crippen LogP contribution in [0.1, 0.15) is 12.7 Å². The van der Waals surface area contributed by atoms with Crippen molar-refractivity contribution in [3.8, 4) is 5.69 Å². The molecule has 0 atom stereocenters. The first kappa shape index (κ1) is 17.7. The fourth-order valence-electron chi connectivity index (χ4n) is 2.22. The topological polar surface area (TPSA) is 76.9 Å². The second kappa shape index (κ2) is 7.03. The molecule has 0 aliphatic carbocycles. The van der Waals surface area contributed by atoms with E-state index in [0.717, 1.165) is 5.69 Å². The lowest BCUT2D eigenvalue weighted by Gasteiger charge is -2.08. The zero-order valence-electron chi connectivity index (χ0n) is 13.1. The van der Waals surface area contributed by atoms with E-state index in [-0.39, 0.29) is 20.9 Å². The number of nitrogens with one attached hydrogen (secondary N) is 1. The maximum absolute atomic E-state index is 12.7. The van der Waals surface area contributed by atoms with Gasteiger partial charge in [-0.1, -0.05) is 54.4 Å². The van der Waals surface area contributed by atoms with Crippen molar-refractivity contribution >= 4 is 38.9 Å². The number of hydrogen-bond donors (Lipinski definition) is 1. The summed E-state index contributed by atoms with van der Waals surface area (Å²) in [5, 5.41) is 4.18. The van der Waals surface area contributed by atoms with Crippen LogP contribution in [0.3, 0.4) is 0 Å². The highest BCUT2D eigenvalue weighted by Gasteiger charge is 2.24. The van der Waals surface area contributed by atoms with Crippen LogP contribution in [0.15, 0.2) is 53.7 Å². The predicted octanol–water partition coefficient (Wildman–Crippen LogP) is 3.94. The molecule has 0 spiro atoms. The van der Waals surface area contributed by atoms with E-state index in [0.29, 0.717) is 12.2 Å². The van der Waals surface area contributed by atoms with Gasteiger partial charge in [0, 0.05) is 6.42 Å². The molecular weight excluding hydrogens is 383 g/mol. The predicted molar refractivity (Wildman–Crippen MR) is 98.0 cm³/mol. The number of rotatable bonds is 5. The van der Waals surface area contributed by atoms with E-state index >= 15 is 0 Å². The van der Waals surface area contributed by atoms with Gasteiger partial charge in [-0.2, -0.15) is 8.42 Å². The number of anilines is 1. The van der Waals surface area contributed by atoms with Gasteiger partial charge >= 0.3 is 0 Å². The van der Waals surface area contributed by atoms with Crippen LogP contribution in [0, 0.1) is 0 Å². The number of aromatic nitrogens is 3. The van der Waals surface area contributed by atoms with Crippen LogP contribution in [0.25, 0.3) is 5.69 Å². The molecule has 0 radical (unpaired) electrons. The number of para-hydroxylation sites is 2. The molecule has 0 bridgehead atoms. The second-order valence-corrected chi connectivity index (χ2v) is 7.50. The molecule has 0 amide bonds. The summed E-state index contributed by atoms with van der Waals surface area (Å²) >= 11 is 12.1. The van der Waals surface area contributed by atoms with Gasteiger partial charge in [0.25, 0.3) is 15.2 Å². The number of sulfonamides is 1. The number of halogens is 2. The SMILES string of the molecule is CCc1nc(S(=O)(=O)Nc2c(Cl)cccc2Cl)nn1-c1ccccc1. The van der Waals surface area contributed by atoms with E-state index in [1.165, 1.54) is 4.68 Å². The highest BCUT2D eigenvalue weighted by molar-refractivity contribution is 7.92. The molecule has 0 saturated carbocycles. The van der Waals surface area contributed by atoms with Crippen molar-refractivity contribution in [2.75, 3.05) is 4.72 Å². The smallest absolute Gasteiger partial charge is 0.274 e. The van der Waals surface area contributed by atoms with Crippen LogP contribution < -0.4 is 4.72 Å². The van der Waals surface area contributed by atoms with Crippen molar-refractivity contribution in [2.45, 2.75) is 18.5 Å². The Labute approximate surface area is 155 Å². The molecule has 6 nitrogen and oxygen atoms in total. The number of nitrogens with zero attached hydrogens (tertiary/aromatic N) is 3. The summed E-state index contributed by atoms with van der Waals surface area (Å²) in [7, 11) is -4.04. The Morgan fingerprint density at radius 3 is 2.28 bits per heavy atom. The summed E-state index contributed by atoms with van der Waals surface area (Å²) in [6.07, 6.45) is 0.518. The molecule has 25 heavy (non-hydrogen) atoms. The van der Waals surface area contributed by atoms with Gasteiger partial charge in [-0.15, -0.1) is 5.10 Å². The van der Waals surface area contributed by atoms with Crippen molar-refractivity contribution in [1.82, 2.24) is 14.8 Å². The van der Waals surface area contributed by atoms with Crippen LogP contribution in [-0.4, -0.2) is 23.2 Å². The van der Waals surface area contributed by atoms with Crippen LogP contribution in [-0.2, 0) is 16.4 Å². The lowest BCUT2D eigenvalue weighted by atomic mass is 10.3. The quantitative estimate of drug-likeness (QED) is 0.708. The average Bonchev–Trinajstić information content (AvgIpc) is 3.04. The number of benzene rings is 2. The zero-order chi connectivity index (χ0) is 18.0. The molecule has 0 unspecified atom stereocenters. The summed E-state index contributed by atoms with van der Waals surface area (Å²) in [5.74, 6) is 0.525. The molecule has 130 valence electrons. The van der Waals surface area contributed by atoms with Gasteiger partial charge in [-0.25, -0.2) is 9.67 Å². The Balaban J connectivity index is 2.03. The summed E-state index contributed by atoms with van der Waals surface area (Å²) in [4.78, 5) is 4.15. The first-order valence-corrected chi connectivity index (χ1v) is 9.64. The highest BCUT2D eigenvalue weighted by Crippen LogP contribution is 2.31. The summed E-state index contributed by atoms with van der Waals surface area (Å²) in [5.41, 5.74) is 0.823. The third-order valence-electron chi connectivity index (χ3n) is 3.41. The van der Waals surface area contributed by atoms with Crippen molar-refractivity contribution in [2.24, 2.45) is 0 Å². The third kappa shape index (κ3) is 3.63. The van der Waals surface area contributed by atoms with Crippen LogP contribution in [0.5, 0.6) is 0 Å². The molecule has 3 aromatic rings. The van der Waals surface area contributed by atoms with Gasteiger partial charge < -0.3 is 0 Å². The van der Waals surface area contributed by atoms with Crippen molar-refractivity contribution in [1.29, 1.82) is 0 Å². The van der Waals surface area contributed by atoms with Crippen LogP contribution in [0.4, 0.5) is 5.69 Å².